The maximum atomic E-state index is 5.52. The van der Waals surface area contributed by atoms with Crippen LogP contribution in [0.15, 0.2) is 22.7 Å². The SMILES string of the molecule is c1cc2c(cc1-c1noc(C3CCNCC3)n1)CCO2. The monoisotopic (exact) mass is 271 g/mol. The number of benzene rings is 1. The number of ether oxygens (including phenoxy) is 1. The number of fused-ring (bicyclic) bond motifs is 1. The van der Waals surface area contributed by atoms with Gasteiger partial charge in [0.1, 0.15) is 5.75 Å². The van der Waals surface area contributed by atoms with Gasteiger partial charge in [-0.1, -0.05) is 5.16 Å². The van der Waals surface area contributed by atoms with Crippen molar-refractivity contribution in [1.29, 1.82) is 0 Å². The highest BCUT2D eigenvalue weighted by Crippen LogP contribution is 2.30. The summed E-state index contributed by atoms with van der Waals surface area (Å²) in [6.07, 6.45) is 3.10. The Morgan fingerprint density at radius 3 is 3.00 bits per heavy atom. The van der Waals surface area contributed by atoms with Gasteiger partial charge in [-0.05, 0) is 49.7 Å². The minimum Gasteiger partial charge on any atom is -0.493 e. The van der Waals surface area contributed by atoms with Crippen LogP contribution in [0.1, 0.15) is 30.2 Å². The zero-order valence-corrected chi connectivity index (χ0v) is 11.3. The van der Waals surface area contributed by atoms with E-state index in [-0.39, 0.29) is 0 Å². The van der Waals surface area contributed by atoms with Crippen LogP contribution in [0.3, 0.4) is 0 Å². The van der Waals surface area contributed by atoms with E-state index < -0.39 is 0 Å². The van der Waals surface area contributed by atoms with Crippen molar-refractivity contribution in [3.8, 4) is 17.1 Å². The van der Waals surface area contributed by atoms with Crippen molar-refractivity contribution < 1.29 is 9.26 Å². The number of hydrogen-bond acceptors (Lipinski definition) is 5. The van der Waals surface area contributed by atoms with Crippen LogP contribution in [0.5, 0.6) is 5.75 Å². The third-order valence-corrected chi connectivity index (χ3v) is 4.08. The zero-order chi connectivity index (χ0) is 13.4. The van der Waals surface area contributed by atoms with Gasteiger partial charge in [-0.15, -0.1) is 0 Å². The van der Waals surface area contributed by atoms with Gasteiger partial charge in [0.25, 0.3) is 0 Å². The first-order valence-corrected chi connectivity index (χ1v) is 7.20. The maximum absolute atomic E-state index is 5.52. The largest absolute Gasteiger partial charge is 0.493 e. The molecule has 0 bridgehead atoms. The molecule has 0 aliphatic carbocycles. The molecule has 1 N–H and O–H groups in total. The van der Waals surface area contributed by atoms with E-state index in [1.165, 1.54) is 5.56 Å². The van der Waals surface area contributed by atoms with E-state index in [4.69, 9.17) is 9.26 Å². The predicted molar refractivity (Wildman–Crippen MR) is 73.8 cm³/mol. The lowest BCUT2D eigenvalue weighted by atomic mass is 9.98. The smallest absolute Gasteiger partial charge is 0.230 e. The van der Waals surface area contributed by atoms with E-state index in [1.54, 1.807) is 0 Å². The molecule has 1 saturated heterocycles. The van der Waals surface area contributed by atoms with Gasteiger partial charge in [0.05, 0.1) is 6.61 Å². The van der Waals surface area contributed by atoms with E-state index in [2.05, 4.69) is 21.5 Å². The molecule has 0 atom stereocenters. The summed E-state index contributed by atoms with van der Waals surface area (Å²) >= 11 is 0. The Morgan fingerprint density at radius 2 is 2.10 bits per heavy atom. The molecule has 0 unspecified atom stereocenters. The molecule has 20 heavy (non-hydrogen) atoms. The van der Waals surface area contributed by atoms with Crippen LogP contribution in [0.4, 0.5) is 0 Å². The summed E-state index contributed by atoms with van der Waals surface area (Å²) in [6, 6.07) is 6.11. The fourth-order valence-corrected chi connectivity index (χ4v) is 2.91. The van der Waals surface area contributed by atoms with Crippen molar-refractivity contribution in [2.75, 3.05) is 19.7 Å². The molecule has 0 radical (unpaired) electrons. The van der Waals surface area contributed by atoms with E-state index >= 15 is 0 Å². The van der Waals surface area contributed by atoms with Crippen LogP contribution in [-0.4, -0.2) is 29.8 Å². The second kappa shape index (κ2) is 4.90. The van der Waals surface area contributed by atoms with Gasteiger partial charge < -0.3 is 14.6 Å². The first-order chi connectivity index (χ1) is 9.90. The van der Waals surface area contributed by atoms with Crippen molar-refractivity contribution in [2.24, 2.45) is 0 Å². The minimum absolute atomic E-state index is 0.398. The third-order valence-electron chi connectivity index (χ3n) is 4.08. The number of piperidine rings is 1. The van der Waals surface area contributed by atoms with Crippen LogP contribution in [0.25, 0.3) is 11.4 Å². The van der Waals surface area contributed by atoms with Crippen molar-refractivity contribution in [3.05, 3.63) is 29.7 Å². The molecule has 5 nitrogen and oxygen atoms in total. The fourth-order valence-electron chi connectivity index (χ4n) is 2.91. The van der Waals surface area contributed by atoms with Crippen LogP contribution in [0, 0.1) is 0 Å². The number of aromatic nitrogens is 2. The quantitative estimate of drug-likeness (QED) is 0.906. The Labute approximate surface area is 117 Å². The Bertz CT molecular complexity index is 617. The normalized spacial score (nSPS) is 18.8. The second-order valence-electron chi connectivity index (χ2n) is 5.40. The van der Waals surface area contributed by atoms with Crippen LogP contribution in [0.2, 0.25) is 0 Å². The molecule has 2 aliphatic heterocycles. The molecule has 1 aromatic heterocycles. The third kappa shape index (κ3) is 2.08. The Balaban J connectivity index is 1.61. The standard InChI is InChI=1S/C15H17N3O2/c1-2-13-11(5-8-19-13)9-12(1)14-17-15(20-18-14)10-3-6-16-7-4-10/h1-2,9-10,16H,3-8H2. The first-order valence-electron chi connectivity index (χ1n) is 7.20. The first kappa shape index (κ1) is 11.9. The number of rotatable bonds is 2. The van der Waals surface area contributed by atoms with Gasteiger partial charge in [0, 0.05) is 17.9 Å². The number of nitrogens with one attached hydrogen (secondary N) is 1. The van der Waals surface area contributed by atoms with E-state index in [0.717, 1.165) is 56.2 Å². The predicted octanol–water partition coefficient (Wildman–Crippen LogP) is 2.14. The Morgan fingerprint density at radius 1 is 1.20 bits per heavy atom. The molecule has 0 spiro atoms. The summed E-state index contributed by atoms with van der Waals surface area (Å²) in [4.78, 5) is 4.58. The molecule has 4 rings (SSSR count). The van der Waals surface area contributed by atoms with Gasteiger partial charge >= 0.3 is 0 Å². The molecule has 3 heterocycles. The molecule has 5 heteroatoms. The highest BCUT2D eigenvalue weighted by molar-refractivity contribution is 5.59. The minimum atomic E-state index is 0.398. The van der Waals surface area contributed by atoms with E-state index in [0.29, 0.717) is 11.7 Å². The summed E-state index contributed by atoms with van der Waals surface area (Å²) in [6.45, 7) is 2.82. The van der Waals surface area contributed by atoms with Gasteiger partial charge in [0.15, 0.2) is 0 Å². The molecule has 2 aliphatic rings. The lowest BCUT2D eigenvalue weighted by Crippen LogP contribution is -2.26. The molecule has 1 fully saturated rings. The zero-order valence-electron chi connectivity index (χ0n) is 11.3. The summed E-state index contributed by atoms with van der Waals surface area (Å²) < 4.78 is 11.0. The highest BCUT2D eigenvalue weighted by atomic mass is 16.5. The van der Waals surface area contributed by atoms with E-state index in [1.807, 2.05) is 12.1 Å². The van der Waals surface area contributed by atoms with Gasteiger partial charge in [-0.2, -0.15) is 4.98 Å². The van der Waals surface area contributed by atoms with E-state index in [9.17, 15) is 0 Å². The van der Waals surface area contributed by atoms with Crippen LogP contribution in [-0.2, 0) is 6.42 Å². The maximum Gasteiger partial charge on any atom is 0.230 e. The fraction of sp³-hybridized carbons (Fsp3) is 0.467. The molecular formula is C15H17N3O2. The molecule has 0 saturated carbocycles. The number of nitrogens with zero attached hydrogens (tertiary/aromatic N) is 2. The van der Waals surface area contributed by atoms with Crippen molar-refractivity contribution in [2.45, 2.75) is 25.2 Å². The van der Waals surface area contributed by atoms with Crippen LogP contribution >= 0.6 is 0 Å². The average Bonchev–Trinajstić information content (AvgIpc) is 3.16. The van der Waals surface area contributed by atoms with Crippen LogP contribution < -0.4 is 10.1 Å². The summed E-state index contributed by atoms with van der Waals surface area (Å²) in [5.41, 5.74) is 2.24. The summed E-state index contributed by atoms with van der Waals surface area (Å²) in [5, 5.41) is 7.49. The van der Waals surface area contributed by atoms with Gasteiger partial charge in [0.2, 0.25) is 11.7 Å². The molecule has 2 aromatic rings. The topological polar surface area (TPSA) is 60.2 Å². The lowest BCUT2D eigenvalue weighted by molar-refractivity contribution is 0.320. The van der Waals surface area contributed by atoms with Crippen molar-refractivity contribution in [3.63, 3.8) is 0 Å². The molecule has 104 valence electrons. The average molecular weight is 271 g/mol. The Hall–Kier alpha value is -1.88. The van der Waals surface area contributed by atoms with Gasteiger partial charge in [-0.3, -0.25) is 0 Å². The van der Waals surface area contributed by atoms with Crippen molar-refractivity contribution in [1.82, 2.24) is 15.5 Å². The highest BCUT2D eigenvalue weighted by Gasteiger charge is 2.22. The number of hydrogen-bond donors (Lipinski definition) is 1. The Kier molecular flexibility index (Phi) is 2.92. The lowest BCUT2D eigenvalue weighted by Gasteiger charge is -2.18. The van der Waals surface area contributed by atoms with Gasteiger partial charge in [-0.25, -0.2) is 0 Å². The summed E-state index contributed by atoms with van der Waals surface area (Å²) in [5.74, 6) is 2.84. The molecule has 1 aromatic carbocycles. The molecular weight excluding hydrogens is 254 g/mol. The van der Waals surface area contributed by atoms with Crippen molar-refractivity contribution >= 4 is 0 Å². The molecule has 0 amide bonds. The summed E-state index contributed by atoms with van der Waals surface area (Å²) in [7, 11) is 0. The second-order valence-corrected chi connectivity index (χ2v) is 5.40.